The zero-order valence-corrected chi connectivity index (χ0v) is 6.44. The third-order valence-corrected chi connectivity index (χ3v) is 1.06. The predicted octanol–water partition coefficient (Wildman–Crippen LogP) is 1.38. The van der Waals surface area contributed by atoms with Gasteiger partial charge in [-0.25, -0.2) is 0 Å². The van der Waals surface area contributed by atoms with E-state index in [1.807, 2.05) is 6.92 Å². The van der Waals surface area contributed by atoms with Crippen molar-refractivity contribution in [3.8, 4) is 11.8 Å². The van der Waals surface area contributed by atoms with E-state index < -0.39 is 0 Å². The second-order valence-corrected chi connectivity index (χ2v) is 2.63. The first-order chi connectivity index (χ1) is 4.16. The molecule has 1 atom stereocenters. The average molecular weight is 125 g/mol. The summed E-state index contributed by atoms with van der Waals surface area (Å²) in [6.45, 7) is 6.12. The molecular weight excluding hydrogens is 110 g/mol. The van der Waals surface area contributed by atoms with E-state index in [0.29, 0.717) is 5.92 Å². The number of rotatable bonds is 2. The van der Waals surface area contributed by atoms with Crippen LogP contribution >= 0.6 is 0 Å². The minimum absolute atomic E-state index is 0.0787. The molecule has 0 rings (SSSR count). The quantitative estimate of drug-likeness (QED) is 0.554. The van der Waals surface area contributed by atoms with E-state index in [0.717, 1.165) is 6.42 Å². The molecule has 0 aromatic heterocycles. The summed E-state index contributed by atoms with van der Waals surface area (Å²) in [5.74, 6) is 6.36. The van der Waals surface area contributed by atoms with Crippen LogP contribution in [0.2, 0.25) is 0 Å². The molecule has 1 nitrogen and oxygen atoms in total. The molecule has 1 unspecified atom stereocenters. The number of nitrogens with two attached hydrogens (primary N) is 1. The monoisotopic (exact) mass is 125 g/mol. The molecule has 0 aromatic carbocycles. The van der Waals surface area contributed by atoms with Gasteiger partial charge in [0, 0.05) is 0 Å². The third kappa shape index (κ3) is 5.39. The van der Waals surface area contributed by atoms with Crippen LogP contribution in [-0.4, -0.2) is 6.04 Å². The molecule has 0 bridgehead atoms. The molecule has 0 heterocycles. The van der Waals surface area contributed by atoms with E-state index in [4.69, 9.17) is 5.73 Å². The molecule has 0 fully saturated rings. The Morgan fingerprint density at radius 1 is 1.44 bits per heavy atom. The lowest BCUT2D eigenvalue weighted by atomic mass is 10.1. The van der Waals surface area contributed by atoms with Crippen molar-refractivity contribution in [2.45, 2.75) is 33.2 Å². The van der Waals surface area contributed by atoms with Crippen LogP contribution in [0, 0.1) is 17.8 Å². The first kappa shape index (κ1) is 8.52. The fraction of sp³-hybridized carbons (Fsp3) is 0.750. The Labute approximate surface area is 57.6 Å². The summed E-state index contributed by atoms with van der Waals surface area (Å²) in [5.41, 5.74) is 5.61. The summed E-state index contributed by atoms with van der Waals surface area (Å²) < 4.78 is 0. The Hall–Kier alpha value is -0.480. The van der Waals surface area contributed by atoms with Crippen molar-refractivity contribution in [1.82, 2.24) is 0 Å². The van der Waals surface area contributed by atoms with Crippen LogP contribution in [0.15, 0.2) is 0 Å². The second kappa shape index (κ2) is 4.40. The molecule has 0 aromatic rings. The van der Waals surface area contributed by atoms with Gasteiger partial charge in [-0.2, -0.15) is 0 Å². The average Bonchev–Trinajstić information content (AvgIpc) is 1.63. The standard InChI is InChI=1S/C8H15N/c1-4-5-8(9)6-7(2)3/h7-8H,6,9H2,1-3H3. The van der Waals surface area contributed by atoms with E-state index >= 15 is 0 Å². The second-order valence-electron chi connectivity index (χ2n) is 2.63. The van der Waals surface area contributed by atoms with Crippen molar-refractivity contribution in [3.05, 3.63) is 0 Å². The maximum atomic E-state index is 5.61. The van der Waals surface area contributed by atoms with Crippen LogP contribution in [-0.2, 0) is 0 Å². The van der Waals surface area contributed by atoms with Gasteiger partial charge in [-0.3, -0.25) is 0 Å². The van der Waals surface area contributed by atoms with Crippen molar-refractivity contribution < 1.29 is 0 Å². The molecule has 1 heteroatoms. The van der Waals surface area contributed by atoms with E-state index in [-0.39, 0.29) is 6.04 Å². The molecule has 0 amide bonds. The zero-order valence-electron chi connectivity index (χ0n) is 6.44. The Bertz CT molecular complexity index is 116. The van der Waals surface area contributed by atoms with E-state index in [9.17, 15) is 0 Å². The Morgan fingerprint density at radius 3 is 2.33 bits per heavy atom. The maximum Gasteiger partial charge on any atom is 0.0666 e. The molecule has 9 heavy (non-hydrogen) atoms. The van der Waals surface area contributed by atoms with E-state index in [1.54, 1.807) is 0 Å². The van der Waals surface area contributed by atoms with Gasteiger partial charge in [0.05, 0.1) is 6.04 Å². The van der Waals surface area contributed by atoms with Crippen molar-refractivity contribution in [1.29, 1.82) is 0 Å². The highest BCUT2D eigenvalue weighted by molar-refractivity contribution is 5.03. The lowest BCUT2D eigenvalue weighted by molar-refractivity contribution is 0.554. The molecule has 0 radical (unpaired) electrons. The van der Waals surface area contributed by atoms with Crippen LogP contribution in [0.3, 0.4) is 0 Å². The Balaban J connectivity index is 3.46. The molecule has 0 saturated carbocycles. The Kier molecular flexibility index (Phi) is 4.17. The topological polar surface area (TPSA) is 26.0 Å². The normalized spacial score (nSPS) is 12.6. The van der Waals surface area contributed by atoms with Gasteiger partial charge in [-0.1, -0.05) is 19.8 Å². The van der Waals surface area contributed by atoms with Gasteiger partial charge < -0.3 is 5.73 Å². The maximum absolute atomic E-state index is 5.61. The van der Waals surface area contributed by atoms with Gasteiger partial charge in [-0.15, -0.1) is 5.92 Å². The SMILES string of the molecule is CC#CC(N)CC(C)C. The van der Waals surface area contributed by atoms with Gasteiger partial charge in [-0.05, 0) is 19.3 Å². The van der Waals surface area contributed by atoms with Gasteiger partial charge in [0.15, 0.2) is 0 Å². The summed E-state index contributed by atoms with van der Waals surface area (Å²) in [4.78, 5) is 0. The number of hydrogen-bond acceptors (Lipinski definition) is 1. The van der Waals surface area contributed by atoms with Crippen LogP contribution in [0.5, 0.6) is 0 Å². The molecule has 52 valence electrons. The minimum Gasteiger partial charge on any atom is -0.318 e. The van der Waals surface area contributed by atoms with Crippen molar-refractivity contribution >= 4 is 0 Å². The third-order valence-electron chi connectivity index (χ3n) is 1.06. The first-order valence-electron chi connectivity index (χ1n) is 3.34. The van der Waals surface area contributed by atoms with Crippen LogP contribution in [0.1, 0.15) is 27.2 Å². The predicted molar refractivity (Wildman–Crippen MR) is 40.9 cm³/mol. The highest BCUT2D eigenvalue weighted by atomic mass is 14.6. The van der Waals surface area contributed by atoms with Crippen molar-refractivity contribution in [2.24, 2.45) is 11.7 Å². The van der Waals surface area contributed by atoms with Crippen molar-refractivity contribution in [2.75, 3.05) is 0 Å². The van der Waals surface area contributed by atoms with Gasteiger partial charge >= 0.3 is 0 Å². The molecule has 0 aliphatic carbocycles. The van der Waals surface area contributed by atoms with Crippen LogP contribution < -0.4 is 5.73 Å². The van der Waals surface area contributed by atoms with Crippen LogP contribution in [0.25, 0.3) is 0 Å². The first-order valence-corrected chi connectivity index (χ1v) is 3.34. The summed E-state index contributed by atoms with van der Waals surface area (Å²) in [6.07, 6.45) is 1.00. The molecule has 0 aliphatic heterocycles. The highest BCUT2D eigenvalue weighted by Gasteiger charge is 1.99. The summed E-state index contributed by atoms with van der Waals surface area (Å²) in [5, 5.41) is 0. The minimum atomic E-state index is 0.0787. The Morgan fingerprint density at radius 2 is 2.00 bits per heavy atom. The molecule has 2 N–H and O–H groups in total. The smallest absolute Gasteiger partial charge is 0.0666 e. The van der Waals surface area contributed by atoms with Crippen LogP contribution in [0.4, 0.5) is 0 Å². The molecule has 0 aliphatic rings. The lowest BCUT2D eigenvalue weighted by Crippen LogP contribution is -2.19. The summed E-state index contributed by atoms with van der Waals surface area (Å²) >= 11 is 0. The molecule has 0 spiro atoms. The zero-order chi connectivity index (χ0) is 7.28. The summed E-state index contributed by atoms with van der Waals surface area (Å²) in [6, 6.07) is 0.0787. The highest BCUT2D eigenvalue weighted by Crippen LogP contribution is 2.00. The van der Waals surface area contributed by atoms with Crippen molar-refractivity contribution in [3.63, 3.8) is 0 Å². The molecular formula is C8H15N. The lowest BCUT2D eigenvalue weighted by Gasteiger charge is -2.05. The van der Waals surface area contributed by atoms with Gasteiger partial charge in [0.1, 0.15) is 0 Å². The van der Waals surface area contributed by atoms with E-state index in [1.165, 1.54) is 0 Å². The fourth-order valence-electron chi connectivity index (χ4n) is 0.752. The molecule has 0 saturated heterocycles. The fourth-order valence-corrected chi connectivity index (χ4v) is 0.752. The van der Waals surface area contributed by atoms with Gasteiger partial charge in [0.25, 0.3) is 0 Å². The summed E-state index contributed by atoms with van der Waals surface area (Å²) in [7, 11) is 0. The number of hydrogen-bond donors (Lipinski definition) is 1. The largest absolute Gasteiger partial charge is 0.318 e. The van der Waals surface area contributed by atoms with E-state index in [2.05, 4.69) is 25.7 Å². The van der Waals surface area contributed by atoms with Gasteiger partial charge in [0.2, 0.25) is 0 Å².